The van der Waals surface area contributed by atoms with Gasteiger partial charge in [0.2, 0.25) is 0 Å². The van der Waals surface area contributed by atoms with Crippen LogP contribution in [0, 0.1) is 0 Å². The fraction of sp³-hybridized carbons (Fsp3) is 0.764. The van der Waals surface area contributed by atoms with Gasteiger partial charge in [-0.3, -0.25) is 14.4 Å². The van der Waals surface area contributed by atoms with E-state index in [4.69, 9.17) is 14.2 Å². The molecule has 0 saturated heterocycles. The fourth-order valence-electron chi connectivity index (χ4n) is 9.62. The maximum atomic E-state index is 12.9. The van der Waals surface area contributed by atoms with E-state index in [1.54, 1.807) is 0 Å². The monoisotopic (exact) mass is 1090 g/mol. The molecule has 0 aromatic heterocycles. The van der Waals surface area contributed by atoms with Gasteiger partial charge in [-0.1, -0.05) is 305 Å². The van der Waals surface area contributed by atoms with Gasteiger partial charge in [0, 0.05) is 19.3 Å². The molecule has 450 valence electrons. The summed E-state index contributed by atoms with van der Waals surface area (Å²) in [5, 5.41) is 0. The molecule has 0 aliphatic rings. The molecule has 0 aromatic carbocycles. The summed E-state index contributed by atoms with van der Waals surface area (Å²) in [4.78, 5) is 38.3. The Hall–Kier alpha value is -3.41. The van der Waals surface area contributed by atoms with Gasteiger partial charge >= 0.3 is 17.9 Å². The van der Waals surface area contributed by atoms with E-state index in [2.05, 4.69) is 106 Å². The van der Waals surface area contributed by atoms with E-state index in [0.717, 1.165) is 103 Å². The molecule has 0 aliphatic carbocycles. The zero-order valence-corrected chi connectivity index (χ0v) is 51.7. The van der Waals surface area contributed by atoms with Crippen LogP contribution < -0.4 is 0 Å². The summed E-state index contributed by atoms with van der Waals surface area (Å²) in [5.41, 5.74) is 0. The van der Waals surface area contributed by atoms with Crippen LogP contribution in [0.3, 0.4) is 0 Å². The van der Waals surface area contributed by atoms with Gasteiger partial charge in [-0.25, -0.2) is 0 Å². The molecule has 0 radical (unpaired) electrons. The van der Waals surface area contributed by atoms with E-state index < -0.39 is 6.10 Å². The van der Waals surface area contributed by atoms with Crippen LogP contribution >= 0.6 is 0 Å². The number of esters is 3. The second-order valence-corrected chi connectivity index (χ2v) is 22.4. The van der Waals surface area contributed by atoms with Gasteiger partial charge in [0.1, 0.15) is 13.2 Å². The lowest BCUT2D eigenvalue weighted by Gasteiger charge is -2.18. The van der Waals surface area contributed by atoms with Crippen LogP contribution in [0.25, 0.3) is 0 Å². The van der Waals surface area contributed by atoms with Crippen LogP contribution in [0.5, 0.6) is 0 Å². The second kappa shape index (κ2) is 66.1. The number of unbranched alkanes of at least 4 members (excludes halogenated alkanes) is 36. The Labute approximate surface area is 484 Å². The number of allylic oxidation sites excluding steroid dienone is 14. The van der Waals surface area contributed by atoms with Crippen LogP contribution in [0.4, 0.5) is 0 Å². The summed E-state index contributed by atoms with van der Waals surface area (Å²) in [5.74, 6) is -0.870. The van der Waals surface area contributed by atoms with Gasteiger partial charge in [-0.2, -0.15) is 0 Å². The van der Waals surface area contributed by atoms with Crippen LogP contribution in [0.15, 0.2) is 85.1 Å². The molecule has 78 heavy (non-hydrogen) atoms. The molecule has 0 heterocycles. The molecule has 0 spiro atoms. The summed E-state index contributed by atoms with van der Waals surface area (Å²) < 4.78 is 16.9. The SMILES string of the molecule is CC/C=C\C/C=C\C/C=C\C/C=C\C/C=C\C/C=C\CCCCCCCCCCCCCCC(=O)OCC(COC(=O)CCCCCCC/C=C\CCCCC)OC(=O)CCCCCCCCCCCCCCCCCCC. The van der Waals surface area contributed by atoms with Gasteiger partial charge in [0.15, 0.2) is 6.10 Å². The second-order valence-electron chi connectivity index (χ2n) is 22.4. The number of hydrogen-bond acceptors (Lipinski definition) is 6. The van der Waals surface area contributed by atoms with Crippen molar-refractivity contribution in [2.45, 2.75) is 341 Å². The minimum absolute atomic E-state index is 0.0760. The normalized spacial score (nSPS) is 12.6. The van der Waals surface area contributed by atoms with Gasteiger partial charge in [-0.15, -0.1) is 0 Å². The van der Waals surface area contributed by atoms with Crippen LogP contribution in [-0.4, -0.2) is 37.2 Å². The third-order valence-electron chi connectivity index (χ3n) is 14.6. The summed E-state index contributed by atoms with van der Waals surface area (Å²) in [6, 6.07) is 0. The number of hydrogen-bond donors (Lipinski definition) is 0. The number of ether oxygens (including phenoxy) is 3. The largest absolute Gasteiger partial charge is 0.462 e. The van der Waals surface area contributed by atoms with Crippen LogP contribution in [-0.2, 0) is 28.6 Å². The molecule has 1 atom stereocenters. The maximum absolute atomic E-state index is 12.9. The Morgan fingerprint density at radius 2 is 0.500 bits per heavy atom. The highest BCUT2D eigenvalue weighted by Crippen LogP contribution is 2.17. The van der Waals surface area contributed by atoms with Crippen molar-refractivity contribution in [2.24, 2.45) is 0 Å². The summed E-state index contributed by atoms with van der Waals surface area (Å²) in [7, 11) is 0. The molecule has 0 aliphatic heterocycles. The molecule has 0 saturated carbocycles. The Bertz CT molecular complexity index is 1480. The zero-order valence-electron chi connectivity index (χ0n) is 51.7. The van der Waals surface area contributed by atoms with Crippen molar-refractivity contribution in [1.29, 1.82) is 0 Å². The van der Waals surface area contributed by atoms with E-state index in [9.17, 15) is 14.4 Å². The standard InChI is InChI=1S/C72H126O6/c1-4-7-10-13-16-19-22-25-27-29-30-31-32-33-34-35-36-37-38-39-40-41-42-44-45-47-50-53-56-59-62-65-71(74)77-68-69(67-76-70(73)64-61-58-55-52-49-24-21-18-15-12-9-6-3)78-72(75)66-63-60-57-54-51-48-46-43-28-26-23-20-17-14-11-8-5-2/h7,10,16,18-19,21,25,27,30-31,33-34,36-37,69H,4-6,8-9,11-15,17,20,22-24,26,28-29,32,35,38-68H2,1-3H3/b10-7-,19-16-,21-18-,27-25-,31-30-,34-33-,37-36-. The van der Waals surface area contributed by atoms with Crippen molar-refractivity contribution < 1.29 is 28.6 Å². The van der Waals surface area contributed by atoms with E-state index in [0.29, 0.717) is 19.3 Å². The molecule has 0 bridgehead atoms. The summed E-state index contributed by atoms with van der Waals surface area (Å²) >= 11 is 0. The van der Waals surface area contributed by atoms with E-state index >= 15 is 0 Å². The zero-order chi connectivity index (χ0) is 56.4. The van der Waals surface area contributed by atoms with Gasteiger partial charge in [-0.05, 0) is 96.3 Å². The van der Waals surface area contributed by atoms with Crippen molar-refractivity contribution in [3.63, 3.8) is 0 Å². The van der Waals surface area contributed by atoms with Crippen molar-refractivity contribution in [3.05, 3.63) is 85.1 Å². The molecule has 0 amide bonds. The first-order valence-electron chi connectivity index (χ1n) is 33.6. The predicted octanol–water partition coefficient (Wildman–Crippen LogP) is 23.1. The average Bonchev–Trinajstić information content (AvgIpc) is 3.44. The molecule has 0 fully saturated rings. The number of carbonyl (C=O) groups is 3. The Morgan fingerprint density at radius 3 is 0.821 bits per heavy atom. The summed E-state index contributed by atoms with van der Waals surface area (Å²) in [6.45, 7) is 6.53. The van der Waals surface area contributed by atoms with E-state index in [-0.39, 0.29) is 31.1 Å². The lowest BCUT2D eigenvalue weighted by Crippen LogP contribution is -2.30. The number of rotatable bonds is 61. The smallest absolute Gasteiger partial charge is 0.306 e. The van der Waals surface area contributed by atoms with E-state index in [1.807, 2.05) is 0 Å². The molecule has 1 unspecified atom stereocenters. The van der Waals surface area contributed by atoms with Gasteiger partial charge in [0.25, 0.3) is 0 Å². The van der Waals surface area contributed by atoms with Crippen molar-refractivity contribution >= 4 is 17.9 Å². The van der Waals surface area contributed by atoms with Crippen molar-refractivity contribution in [2.75, 3.05) is 13.2 Å². The molecular formula is C72H126O6. The maximum Gasteiger partial charge on any atom is 0.306 e. The van der Waals surface area contributed by atoms with Gasteiger partial charge in [0.05, 0.1) is 0 Å². The third kappa shape index (κ3) is 63.4. The van der Waals surface area contributed by atoms with Crippen molar-refractivity contribution in [3.8, 4) is 0 Å². The van der Waals surface area contributed by atoms with E-state index in [1.165, 1.54) is 193 Å². The van der Waals surface area contributed by atoms with Crippen LogP contribution in [0.2, 0.25) is 0 Å². The highest BCUT2D eigenvalue weighted by Gasteiger charge is 2.19. The topological polar surface area (TPSA) is 78.9 Å². The Morgan fingerprint density at radius 1 is 0.269 bits per heavy atom. The van der Waals surface area contributed by atoms with Gasteiger partial charge < -0.3 is 14.2 Å². The molecule has 0 N–H and O–H groups in total. The highest BCUT2D eigenvalue weighted by atomic mass is 16.6. The first kappa shape index (κ1) is 74.6. The predicted molar refractivity (Wildman–Crippen MR) is 339 cm³/mol. The van der Waals surface area contributed by atoms with Crippen molar-refractivity contribution in [1.82, 2.24) is 0 Å². The first-order chi connectivity index (χ1) is 38.5. The minimum atomic E-state index is -0.778. The Balaban J connectivity index is 4.21. The van der Waals surface area contributed by atoms with Crippen LogP contribution in [0.1, 0.15) is 335 Å². The fourth-order valence-corrected chi connectivity index (χ4v) is 9.62. The lowest BCUT2D eigenvalue weighted by molar-refractivity contribution is -0.167. The molecule has 6 nitrogen and oxygen atoms in total. The molecule has 6 heteroatoms. The molecular weight excluding hydrogens is 961 g/mol. The molecule has 0 rings (SSSR count). The lowest BCUT2D eigenvalue weighted by atomic mass is 10.0. The quantitative estimate of drug-likeness (QED) is 0.0261. The Kier molecular flexibility index (Phi) is 63.2. The number of carbonyl (C=O) groups excluding carboxylic acids is 3. The third-order valence-corrected chi connectivity index (χ3v) is 14.6. The minimum Gasteiger partial charge on any atom is -0.462 e. The first-order valence-corrected chi connectivity index (χ1v) is 33.6. The average molecular weight is 1090 g/mol. The summed E-state index contributed by atoms with van der Waals surface area (Å²) in [6.07, 6.45) is 87.4. The molecule has 0 aromatic rings. The highest BCUT2D eigenvalue weighted by molar-refractivity contribution is 5.71.